The van der Waals surface area contributed by atoms with Crippen LogP contribution in [0.4, 0.5) is 15.8 Å². The van der Waals surface area contributed by atoms with Crippen LogP contribution >= 0.6 is 23.2 Å². The highest BCUT2D eigenvalue weighted by Crippen LogP contribution is 2.25. The van der Waals surface area contributed by atoms with Gasteiger partial charge in [-0.2, -0.15) is 0 Å². The van der Waals surface area contributed by atoms with Gasteiger partial charge in [-0.1, -0.05) is 29.3 Å². The Labute approximate surface area is 142 Å². The molecule has 0 atom stereocenters. The van der Waals surface area contributed by atoms with Gasteiger partial charge in [0.05, 0.1) is 10.7 Å². The Balaban J connectivity index is 2.14. The molecule has 0 aliphatic carbocycles. The van der Waals surface area contributed by atoms with Crippen molar-refractivity contribution in [2.75, 3.05) is 16.8 Å². The molecule has 0 aromatic heterocycles. The molecule has 0 fully saturated rings. The molecule has 2 aromatic rings. The highest BCUT2D eigenvalue weighted by molar-refractivity contribution is 6.36. The number of benzene rings is 2. The molecule has 7 heteroatoms. The van der Waals surface area contributed by atoms with Crippen LogP contribution in [0, 0.1) is 5.82 Å². The summed E-state index contributed by atoms with van der Waals surface area (Å²) < 4.78 is 13.3. The summed E-state index contributed by atoms with van der Waals surface area (Å²) in [7, 11) is 0. The van der Waals surface area contributed by atoms with Gasteiger partial charge in [-0.3, -0.25) is 9.59 Å². The fraction of sp³-hybridized carbons (Fsp3) is 0.125. The summed E-state index contributed by atoms with van der Waals surface area (Å²) in [6, 6.07) is 10.1. The molecule has 1 N–H and O–H groups in total. The first-order valence-electron chi connectivity index (χ1n) is 6.65. The Morgan fingerprint density at radius 2 is 1.91 bits per heavy atom. The zero-order chi connectivity index (χ0) is 17.0. The maximum Gasteiger partial charge on any atom is 0.244 e. The van der Waals surface area contributed by atoms with Gasteiger partial charge in [0.15, 0.2) is 0 Å². The van der Waals surface area contributed by atoms with Crippen molar-refractivity contribution in [3.63, 3.8) is 0 Å². The zero-order valence-corrected chi connectivity index (χ0v) is 13.7. The third kappa shape index (κ3) is 4.68. The van der Waals surface area contributed by atoms with Gasteiger partial charge in [0.1, 0.15) is 12.4 Å². The summed E-state index contributed by atoms with van der Waals surface area (Å²) in [4.78, 5) is 25.0. The quantitative estimate of drug-likeness (QED) is 0.897. The van der Waals surface area contributed by atoms with Gasteiger partial charge < -0.3 is 10.2 Å². The maximum absolute atomic E-state index is 13.3. The van der Waals surface area contributed by atoms with Crippen molar-refractivity contribution in [1.29, 1.82) is 0 Å². The lowest BCUT2D eigenvalue weighted by molar-refractivity contribution is -0.120. The van der Waals surface area contributed by atoms with Crippen LogP contribution in [-0.4, -0.2) is 18.4 Å². The van der Waals surface area contributed by atoms with Crippen LogP contribution in [0.5, 0.6) is 0 Å². The standard InChI is InChI=1S/C16H13Cl2FN2O2/c1-10(22)21(13-4-2-3-12(19)8-13)9-16(23)20-15-6-5-11(17)7-14(15)18/h2-8H,9H2,1H3,(H,20,23). The second-order valence-electron chi connectivity index (χ2n) is 4.76. The predicted octanol–water partition coefficient (Wildman–Crippen LogP) is 4.12. The summed E-state index contributed by atoms with van der Waals surface area (Å²) >= 11 is 11.8. The first kappa shape index (κ1) is 17.2. The van der Waals surface area contributed by atoms with Crippen LogP contribution in [0.25, 0.3) is 0 Å². The summed E-state index contributed by atoms with van der Waals surface area (Å²) in [6.45, 7) is 1.03. The number of hydrogen-bond donors (Lipinski definition) is 1. The Morgan fingerprint density at radius 3 is 2.52 bits per heavy atom. The van der Waals surface area contributed by atoms with E-state index < -0.39 is 11.7 Å². The fourth-order valence-electron chi connectivity index (χ4n) is 1.95. The van der Waals surface area contributed by atoms with E-state index in [9.17, 15) is 14.0 Å². The summed E-state index contributed by atoms with van der Waals surface area (Å²) in [5.74, 6) is -1.34. The Kier molecular flexibility index (Phi) is 5.58. The molecule has 23 heavy (non-hydrogen) atoms. The Morgan fingerprint density at radius 1 is 1.17 bits per heavy atom. The highest BCUT2D eigenvalue weighted by atomic mass is 35.5. The molecule has 0 saturated carbocycles. The first-order valence-corrected chi connectivity index (χ1v) is 7.41. The van der Waals surface area contributed by atoms with Crippen LogP contribution in [0.2, 0.25) is 10.0 Å². The van der Waals surface area contributed by atoms with Gasteiger partial charge in [-0.05, 0) is 36.4 Å². The lowest BCUT2D eigenvalue weighted by atomic mass is 10.2. The summed E-state index contributed by atoms with van der Waals surface area (Å²) in [5, 5.41) is 3.32. The Bertz CT molecular complexity index is 753. The highest BCUT2D eigenvalue weighted by Gasteiger charge is 2.17. The Hall–Kier alpha value is -2.11. The molecule has 120 valence electrons. The molecular weight excluding hydrogens is 342 g/mol. The minimum atomic E-state index is -0.491. The van der Waals surface area contributed by atoms with Crippen molar-refractivity contribution in [2.24, 2.45) is 0 Å². The van der Waals surface area contributed by atoms with Crippen LogP contribution in [0.15, 0.2) is 42.5 Å². The van der Waals surface area contributed by atoms with Gasteiger partial charge >= 0.3 is 0 Å². The number of nitrogens with one attached hydrogen (secondary N) is 1. The molecule has 2 rings (SSSR count). The number of hydrogen-bond acceptors (Lipinski definition) is 2. The van der Waals surface area contributed by atoms with Crippen molar-refractivity contribution in [2.45, 2.75) is 6.92 Å². The number of halogens is 3. The van der Waals surface area contributed by atoms with Crippen LogP contribution < -0.4 is 10.2 Å². The number of amides is 2. The predicted molar refractivity (Wildman–Crippen MR) is 89.5 cm³/mol. The fourth-order valence-corrected chi connectivity index (χ4v) is 2.41. The van der Waals surface area contributed by atoms with Crippen LogP contribution in [-0.2, 0) is 9.59 Å². The summed E-state index contributed by atoms with van der Waals surface area (Å²) in [6.07, 6.45) is 0. The molecule has 0 aliphatic heterocycles. The molecular formula is C16H13Cl2FN2O2. The molecule has 0 unspecified atom stereocenters. The minimum absolute atomic E-state index is 0.266. The minimum Gasteiger partial charge on any atom is -0.323 e. The third-order valence-electron chi connectivity index (χ3n) is 3.01. The second kappa shape index (κ2) is 7.44. The van der Waals surface area contributed by atoms with Crippen molar-refractivity contribution in [1.82, 2.24) is 0 Å². The van der Waals surface area contributed by atoms with Crippen LogP contribution in [0.3, 0.4) is 0 Å². The monoisotopic (exact) mass is 354 g/mol. The molecule has 0 bridgehead atoms. The molecule has 0 radical (unpaired) electrons. The van der Waals surface area contributed by atoms with E-state index in [1.54, 1.807) is 18.2 Å². The lowest BCUT2D eigenvalue weighted by Crippen LogP contribution is -2.36. The van der Waals surface area contributed by atoms with Crippen LogP contribution in [0.1, 0.15) is 6.92 Å². The third-order valence-corrected chi connectivity index (χ3v) is 3.55. The maximum atomic E-state index is 13.3. The number of anilines is 2. The second-order valence-corrected chi connectivity index (χ2v) is 5.60. The average molecular weight is 355 g/mol. The number of nitrogens with zero attached hydrogens (tertiary/aromatic N) is 1. The first-order chi connectivity index (χ1) is 10.9. The average Bonchev–Trinajstić information content (AvgIpc) is 2.47. The molecule has 0 aliphatic rings. The normalized spacial score (nSPS) is 10.3. The lowest BCUT2D eigenvalue weighted by Gasteiger charge is -2.21. The van der Waals surface area contributed by atoms with E-state index in [0.717, 1.165) is 0 Å². The van der Waals surface area contributed by atoms with E-state index in [1.807, 2.05) is 0 Å². The van der Waals surface area contributed by atoms with E-state index >= 15 is 0 Å². The van der Waals surface area contributed by atoms with E-state index in [1.165, 1.54) is 36.1 Å². The zero-order valence-electron chi connectivity index (χ0n) is 12.1. The molecule has 2 amide bonds. The van der Waals surface area contributed by atoms with Gasteiger partial charge in [-0.15, -0.1) is 0 Å². The molecule has 0 saturated heterocycles. The molecule has 0 spiro atoms. The topological polar surface area (TPSA) is 49.4 Å². The van der Waals surface area contributed by atoms with Gasteiger partial charge in [0.25, 0.3) is 0 Å². The van der Waals surface area contributed by atoms with Gasteiger partial charge in [0.2, 0.25) is 11.8 Å². The molecule has 4 nitrogen and oxygen atoms in total. The molecule has 0 heterocycles. The smallest absolute Gasteiger partial charge is 0.244 e. The van der Waals surface area contributed by atoms with E-state index in [2.05, 4.69) is 5.32 Å². The van der Waals surface area contributed by atoms with Gasteiger partial charge in [-0.25, -0.2) is 4.39 Å². The number of carbonyl (C=O) groups excluding carboxylic acids is 2. The van der Waals surface area contributed by atoms with Crippen molar-refractivity contribution in [3.05, 3.63) is 58.3 Å². The SMILES string of the molecule is CC(=O)N(CC(=O)Nc1ccc(Cl)cc1Cl)c1cccc(F)c1. The van der Waals surface area contributed by atoms with Crippen molar-refractivity contribution < 1.29 is 14.0 Å². The van der Waals surface area contributed by atoms with Crippen molar-refractivity contribution in [3.8, 4) is 0 Å². The van der Waals surface area contributed by atoms with E-state index in [4.69, 9.17) is 23.2 Å². The largest absolute Gasteiger partial charge is 0.323 e. The van der Waals surface area contributed by atoms with Crippen molar-refractivity contribution >= 4 is 46.4 Å². The van der Waals surface area contributed by atoms with E-state index in [-0.39, 0.29) is 17.5 Å². The summed E-state index contributed by atoms with van der Waals surface area (Å²) in [5.41, 5.74) is 0.679. The molecule has 2 aromatic carbocycles. The number of rotatable bonds is 4. The van der Waals surface area contributed by atoms with Gasteiger partial charge in [0, 0.05) is 17.6 Å². The number of carbonyl (C=O) groups is 2. The van der Waals surface area contributed by atoms with E-state index in [0.29, 0.717) is 16.4 Å².